The molecule has 1 N–H and O–H groups in total. The summed E-state index contributed by atoms with van der Waals surface area (Å²) in [6.07, 6.45) is 8.76. The van der Waals surface area contributed by atoms with E-state index in [2.05, 4.69) is 22.4 Å². The minimum atomic E-state index is 0.0815. The molecule has 1 heterocycles. The Bertz CT molecular complexity index is 423. The van der Waals surface area contributed by atoms with E-state index in [1.807, 2.05) is 26.2 Å². The normalized spacial score (nSPS) is 19.8. The zero-order valence-corrected chi connectivity index (χ0v) is 11.6. The average Bonchev–Trinajstić information content (AvgIpc) is 3.01. The molecule has 2 rings (SSSR count). The third kappa shape index (κ3) is 3.96. The fourth-order valence-corrected chi connectivity index (χ4v) is 2.40. The molecule has 1 aromatic heterocycles. The molecule has 0 bridgehead atoms. The van der Waals surface area contributed by atoms with Crippen molar-refractivity contribution in [2.45, 2.75) is 25.3 Å². The molecule has 4 nitrogen and oxygen atoms in total. The van der Waals surface area contributed by atoms with Crippen LogP contribution < -0.4 is 5.32 Å². The quantitative estimate of drug-likeness (QED) is 0.800. The number of rotatable bonds is 6. The minimum absolute atomic E-state index is 0.0815. The summed E-state index contributed by atoms with van der Waals surface area (Å²) in [6, 6.07) is 3.89. The van der Waals surface area contributed by atoms with E-state index in [1.165, 1.54) is 0 Å². The standard InChI is InChI=1S/C15H22N2O2/c1-17(2)13(14-8-5-9-19-14)11-16-15(18)10-12-6-3-4-7-12/h3,5-6,8-9,12-13H,4,7,10-11H2,1-2H3,(H,16,18)/t12-,13+/m0/s1. The zero-order valence-electron chi connectivity index (χ0n) is 11.6. The van der Waals surface area contributed by atoms with Gasteiger partial charge in [-0.05, 0) is 45.0 Å². The second-order valence-electron chi connectivity index (χ2n) is 5.27. The first-order valence-electron chi connectivity index (χ1n) is 6.80. The second-order valence-corrected chi connectivity index (χ2v) is 5.27. The highest BCUT2D eigenvalue weighted by molar-refractivity contribution is 5.76. The topological polar surface area (TPSA) is 45.5 Å². The van der Waals surface area contributed by atoms with Gasteiger partial charge in [-0.2, -0.15) is 0 Å². The van der Waals surface area contributed by atoms with Crippen LogP contribution in [0.25, 0.3) is 0 Å². The fourth-order valence-electron chi connectivity index (χ4n) is 2.40. The average molecular weight is 262 g/mol. The largest absolute Gasteiger partial charge is 0.468 e. The van der Waals surface area contributed by atoms with Crippen LogP contribution in [0.5, 0.6) is 0 Å². The Hall–Kier alpha value is -1.55. The highest BCUT2D eigenvalue weighted by Gasteiger charge is 2.19. The lowest BCUT2D eigenvalue weighted by Gasteiger charge is -2.22. The number of hydrogen-bond acceptors (Lipinski definition) is 3. The molecule has 1 amide bonds. The molecule has 1 aliphatic rings. The van der Waals surface area contributed by atoms with Crippen molar-refractivity contribution in [1.29, 1.82) is 0 Å². The molecule has 0 unspecified atom stereocenters. The van der Waals surface area contributed by atoms with E-state index >= 15 is 0 Å². The van der Waals surface area contributed by atoms with Crippen LogP contribution in [0.2, 0.25) is 0 Å². The molecule has 0 radical (unpaired) electrons. The van der Waals surface area contributed by atoms with Gasteiger partial charge in [-0.1, -0.05) is 12.2 Å². The number of nitrogens with one attached hydrogen (secondary N) is 1. The number of carbonyl (C=O) groups is 1. The zero-order chi connectivity index (χ0) is 13.7. The van der Waals surface area contributed by atoms with E-state index in [9.17, 15) is 4.79 Å². The summed E-state index contributed by atoms with van der Waals surface area (Å²) in [6.45, 7) is 0.579. The molecular formula is C15H22N2O2. The van der Waals surface area contributed by atoms with Gasteiger partial charge in [0.2, 0.25) is 5.91 Å². The number of allylic oxidation sites excluding steroid dienone is 2. The van der Waals surface area contributed by atoms with Gasteiger partial charge in [0.05, 0.1) is 12.3 Å². The lowest BCUT2D eigenvalue weighted by atomic mass is 10.0. The van der Waals surface area contributed by atoms with Gasteiger partial charge in [0.25, 0.3) is 0 Å². The van der Waals surface area contributed by atoms with Crippen LogP contribution in [0.4, 0.5) is 0 Å². The van der Waals surface area contributed by atoms with Crippen molar-refractivity contribution in [2.75, 3.05) is 20.6 Å². The molecule has 2 atom stereocenters. The van der Waals surface area contributed by atoms with Crippen LogP contribution in [0.1, 0.15) is 31.1 Å². The maximum atomic E-state index is 11.9. The second kappa shape index (κ2) is 6.57. The molecule has 1 aliphatic carbocycles. The predicted molar refractivity (Wildman–Crippen MR) is 74.6 cm³/mol. The summed E-state index contributed by atoms with van der Waals surface area (Å²) in [7, 11) is 3.97. The summed E-state index contributed by atoms with van der Waals surface area (Å²) in [5, 5.41) is 3.00. The predicted octanol–water partition coefficient (Wildman–Crippen LogP) is 2.35. The third-order valence-corrected chi connectivity index (χ3v) is 3.55. The first kappa shape index (κ1) is 13.9. The van der Waals surface area contributed by atoms with E-state index in [4.69, 9.17) is 4.42 Å². The molecule has 4 heteroatoms. The molecule has 19 heavy (non-hydrogen) atoms. The molecule has 104 valence electrons. The van der Waals surface area contributed by atoms with Crippen LogP contribution in [0, 0.1) is 5.92 Å². The number of amides is 1. The SMILES string of the molecule is CN(C)[C@H](CNC(=O)C[C@H]1C=CCC1)c1ccco1. The molecule has 0 fully saturated rings. The molecule has 0 saturated heterocycles. The number of likely N-dealkylation sites (N-methyl/N-ethyl adjacent to an activating group) is 1. The van der Waals surface area contributed by atoms with Gasteiger partial charge < -0.3 is 9.73 Å². The minimum Gasteiger partial charge on any atom is -0.468 e. The lowest BCUT2D eigenvalue weighted by Crippen LogP contribution is -2.34. The Morgan fingerprint density at radius 1 is 1.58 bits per heavy atom. The third-order valence-electron chi connectivity index (χ3n) is 3.55. The Balaban J connectivity index is 1.81. The number of carbonyl (C=O) groups excluding carboxylic acids is 1. The molecule has 0 aliphatic heterocycles. The summed E-state index contributed by atoms with van der Waals surface area (Å²) in [5.74, 6) is 1.42. The van der Waals surface area contributed by atoms with Crippen molar-refractivity contribution in [2.24, 2.45) is 5.92 Å². The maximum Gasteiger partial charge on any atom is 0.220 e. The van der Waals surface area contributed by atoms with Crippen LogP contribution in [-0.2, 0) is 4.79 Å². The summed E-state index contributed by atoms with van der Waals surface area (Å²) >= 11 is 0. The van der Waals surface area contributed by atoms with Gasteiger partial charge in [-0.25, -0.2) is 0 Å². The molecule has 0 spiro atoms. The molecular weight excluding hydrogens is 240 g/mol. The van der Waals surface area contributed by atoms with Gasteiger partial charge in [0.15, 0.2) is 0 Å². The van der Waals surface area contributed by atoms with Gasteiger partial charge >= 0.3 is 0 Å². The van der Waals surface area contributed by atoms with Gasteiger partial charge in [0, 0.05) is 13.0 Å². The van der Waals surface area contributed by atoms with Crippen LogP contribution in [0.3, 0.4) is 0 Å². The summed E-state index contributed by atoms with van der Waals surface area (Å²) in [4.78, 5) is 14.0. The van der Waals surface area contributed by atoms with Crippen LogP contribution in [-0.4, -0.2) is 31.4 Å². The van der Waals surface area contributed by atoms with E-state index in [0.717, 1.165) is 18.6 Å². The van der Waals surface area contributed by atoms with Crippen molar-refractivity contribution in [1.82, 2.24) is 10.2 Å². The van der Waals surface area contributed by atoms with Crippen LogP contribution >= 0.6 is 0 Å². The van der Waals surface area contributed by atoms with E-state index in [-0.39, 0.29) is 11.9 Å². The van der Waals surface area contributed by atoms with Gasteiger partial charge in [-0.15, -0.1) is 0 Å². The number of hydrogen-bond donors (Lipinski definition) is 1. The Kier molecular flexibility index (Phi) is 4.80. The Labute approximate surface area is 114 Å². The molecule has 1 aromatic rings. The Morgan fingerprint density at radius 3 is 3.00 bits per heavy atom. The summed E-state index contributed by atoms with van der Waals surface area (Å²) < 4.78 is 5.42. The van der Waals surface area contributed by atoms with Crippen molar-refractivity contribution >= 4 is 5.91 Å². The van der Waals surface area contributed by atoms with E-state index in [1.54, 1.807) is 6.26 Å². The fraction of sp³-hybridized carbons (Fsp3) is 0.533. The summed E-state index contributed by atoms with van der Waals surface area (Å²) in [5.41, 5.74) is 0. The van der Waals surface area contributed by atoms with Crippen molar-refractivity contribution < 1.29 is 9.21 Å². The van der Waals surface area contributed by atoms with E-state index < -0.39 is 0 Å². The van der Waals surface area contributed by atoms with Gasteiger partial charge in [-0.3, -0.25) is 9.69 Å². The monoisotopic (exact) mass is 262 g/mol. The molecule has 0 saturated carbocycles. The maximum absolute atomic E-state index is 11.9. The van der Waals surface area contributed by atoms with Crippen molar-refractivity contribution in [3.05, 3.63) is 36.3 Å². The number of nitrogens with zero attached hydrogens (tertiary/aromatic N) is 1. The molecule has 0 aromatic carbocycles. The van der Waals surface area contributed by atoms with Crippen molar-refractivity contribution in [3.8, 4) is 0 Å². The number of furan rings is 1. The highest BCUT2D eigenvalue weighted by atomic mass is 16.3. The van der Waals surface area contributed by atoms with Crippen molar-refractivity contribution in [3.63, 3.8) is 0 Å². The smallest absolute Gasteiger partial charge is 0.220 e. The van der Waals surface area contributed by atoms with E-state index in [0.29, 0.717) is 18.9 Å². The first-order chi connectivity index (χ1) is 9.16. The first-order valence-corrected chi connectivity index (χ1v) is 6.80. The highest BCUT2D eigenvalue weighted by Crippen LogP contribution is 2.21. The Morgan fingerprint density at radius 2 is 2.42 bits per heavy atom. The lowest BCUT2D eigenvalue weighted by molar-refractivity contribution is -0.121. The van der Waals surface area contributed by atoms with Gasteiger partial charge in [0.1, 0.15) is 5.76 Å². The van der Waals surface area contributed by atoms with Crippen LogP contribution in [0.15, 0.2) is 35.0 Å².